The molecule has 2 aromatic heterocycles. The second kappa shape index (κ2) is 4.11. The van der Waals surface area contributed by atoms with E-state index in [9.17, 15) is 8.42 Å². The minimum absolute atomic E-state index is 0.0806. The van der Waals surface area contributed by atoms with E-state index in [0.717, 1.165) is 12.1 Å². The maximum absolute atomic E-state index is 11.5. The monoisotopic (exact) mass is 311 g/mol. The molecule has 0 aromatic carbocycles. The summed E-state index contributed by atoms with van der Waals surface area (Å²) in [5, 5.41) is 5.85. The molecule has 2 fully saturated rings. The minimum Gasteiger partial charge on any atom is -0.339 e. The molecular formula is C12H13N3O3S2. The van der Waals surface area contributed by atoms with Gasteiger partial charge in [-0.3, -0.25) is 0 Å². The van der Waals surface area contributed by atoms with Crippen LogP contribution in [0.1, 0.15) is 31.1 Å². The number of thiazole rings is 1. The van der Waals surface area contributed by atoms with E-state index >= 15 is 0 Å². The van der Waals surface area contributed by atoms with Crippen LogP contribution in [0.25, 0.3) is 11.5 Å². The molecule has 0 radical (unpaired) electrons. The molecule has 0 bridgehead atoms. The zero-order valence-corrected chi connectivity index (χ0v) is 12.3. The first-order valence-corrected chi connectivity index (χ1v) is 9.27. The van der Waals surface area contributed by atoms with Crippen LogP contribution < -0.4 is 0 Å². The third-order valence-electron chi connectivity index (χ3n) is 4.41. The van der Waals surface area contributed by atoms with Crippen molar-refractivity contribution in [3.8, 4) is 11.5 Å². The fourth-order valence-electron chi connectivity index (χ4n) is 3.00. The first-order valence-electron chi connectivity index (χ1n) is 6.51. The first kappa shape index (κ1) is 12.5. The van der Waals surface area contributed by atoms with Crippen molar-refractivity contribution in [1.29, 1.82) is 0 Å². The van der Waals surface area contributed by atoms with Crippen molar-refractivity contribution in [3.05, 3.63) is 16.8 Å². The van der Waals surface area contributed by atoms with E-state index in [-0.39, 0.29) is 22.8 Å². The van der Waals surface area contributed by atoms with Crippen LogP contribution in [0.3, 0.4) is 0 Å². The number of sulfone groups is 1. The molecule has 20 heavy (non-hydrogen) atoms. The maximum Gasteiger partial charge on any atom is 0.230 e. The number of hydrogen-bond acceptors (Lipinski definition) is 7. The Labute approximate surface area is 120 Å². The summed E-state index contributed by atoms with van der Waals surface area (Å²) >= 11 is 1.49. The molecule has 2 aromatic rings. The Balaban J connectivity index is 1.54. The molecule has 3 heterocycles. The Morgan fingerprint density at radius 3 is 2.85 bits per heavy atom. The third kappa shape index (κ3) is 1.98. The van der Waals surface area contributed by atoms with E-state index < -0.39 is 9.84 Å². The molecule has 8 heteroatoms. The second-order valence-electron chi connectivity index (χ2n) is 5.60. The van der Waals surface area contributed by atoms with Crippen LogP contribution in [0.15, 0.2) is 15.4 Å². The van der Waals surface area contributed by atoms with Crippen LogP contribution >= 0.6 is 11.3 Å². The number of hydrogen-bond donors (Lipinski definition) is 0. The van der Waals surface area contributed by atoms with Crippen molar-refractivity contribution in [3.63, 3.8) is 0 Å². The average Bonchev–Trinajstić information content (AvgIpc) is 2.87. The highest BCUT2D eigenvalue weighted by molar-refractivity contribution is 7.91. The Kier molecular flexibility index (Phi) is 2.56. The second-order valence-corrected chi connectivity index (χ2v) is 8.62. The zero-order valence-electron chi connectivity index (χ0n) is 10.7. The average molecular weight is 311 g/mol. The van der Waals surface area contributed by atoms with Gasteiger partial charge in [-0.05, 0) is 24.7 Å². The van der Waals surface area contributed by atoms with Gasteiger partial charge in [-0.1, -0.05) is 5.16 Å². The molecule has 106 valence electrons. The Morgan fingerprint density at radius 1 is 1.35 bits per heavy atom. The van der Waals surface area contributed by atoms with Gasteiger partial charge >= 0.3 is 0 Å². The predicted octanol–water partition coefficient (Wildman–Crippen LogP) is 1.88. The van der Waals surface area contributed by atoms with E-state index in [1.54, 1.807) is 5.51 Å². The molecule has 1 aliphatic heterocycles. The van der Waals surface area contributed by atoms with Crippen molar-refractivity contribution in [2.45, 2.75) is 25.2 Å². The summed E-state index contributed by atoms with van der Waals surface area (Å²) in [6.45, 7) is 0. The normalized spacial score (nSPS) is 26.7. The van der Waals surface area contributed by atoms with Crippen LogP contribution in [0.4, 0.5) is 0 Å². The van der Waals surface area contributed by atoms with Crippen LogP contribution in [0, 0.1) is 5.41 Å². The lowest BCUT2D eigenvalue weighted by atomic mass is 9.96. The summed E-state index contributed by atoms with van der Waals surface area (Å²) in [5.41, 5.74) is 2.54. The van der Waals surface area contributed by atoms with Gasteiger partial charge < -0.3 is 4.52 Å². The Morgan fingerprint density at radius 2 is 2.15 bits per heavy atom. The van der Waals surface area contributed by atoms with Crippen molar-refractivity contribution in [1.82, 2.24) is 15.1 Å². The van der Waals surface area contributed by atoms with Gasteiger partial charge in [0.2, 0.25) is 11.7 Å². The van der Waals surface area contributed by atoms with Gasteiger partial charge in [0, 0.05) is 11.3 Å². The number of rotatable bonds is 2. The van der Waals surface area contributed by atoms with Crippen LogP contribution in [0.2, 0.25) is 0 Å². The lowest BCUT2D eigenvalue weighted by Gasteiger charge is -2.21. The predicted molar refractivity (Wildman–Crippen MR) is 73.1 cm³/mol. The number of nitrogens with zero attached hydrogens (tertiary/aromatic N) is 3. The zero-order chi connectivity index (χ0) is 13.8. The highest BCUT2D eigenvalue weighted by Crippen LogP contribution is 2.64. The molecule has 0 N–H and O–H groups in total. The van der Waals surface area contributed by atoms with Gasteiger partial charge in [0.05, 0.1) is 17.0 Å². The largest absolute Gasteiger partial charge is 0.339 e. The molecule has 1 aliphatic carbocycles. The Hall–Kier alpha value is -1.28. The Bertz CT molecular complexity index is 722. The van der Waals surface area contributed by atoms with Gasteiger partial charge in [-0.2, -0.15) is 4.98 Å². The van der Waals surface area contributed by atoms with Crippen molar-refractivity contribution < 1.29 is 12.9 Å². The highest BCUT2D eigenvalue weighted by atomic mass is 32.2. The fourth-order valence-corrected chi connectivity index (χ4v) is 5.17. The third-order valence-corrected chi connectivity index (χ3v) is 6.65. The lowest BCUT2D eigenvalue weighted by molar-refractivity contribution is 0.348. The van der Waals surface area contributed by atoms with Gasteiger partial charge in [0.1, 0.15) is 15.5 Å². The molecule has 0 unspecified atom stereocenters. The molecule has 1 saturated heterocycles. The lowest BCUT2D eigenvalue weighted by Crippen LogP contribution is -2.25. The highest BCUT2D eigenvalue weighted by Gasteiger charge is 2.59. The summed E-state index contributed by atoms with van der Waals surface area (Å²) in [7, 11) is -2.82. The number of aromatic nitrogens is 3. The van der Waals surface area contributed by atoms with Gasteiger partial charge in [0.25, 0.3) is 0 Å². The van der Waals surface area contributed by atoms with Crippen LogP contribution in [-0.2, 0) is 9.84 Å². The summed E-state index contributed by atoms with van der Waals surface area (Å²) in [4.78, 5) is 8.57. The summed E-state index contributed by atoms with van der Waals surface area (Å²) < 4.78 is 28.4. The van der Waals surface area contributed by atoms with E-state index in [4.69, 9.17) is 4.52 Å². The van der Waals surface area contributed by atoms with Crippen molar-refractivity contribution in [2.75, 3.05) is 11.5 Å². The van der Waals surface area contributed by atoms with Gasteiger partial charge in [0.15, 0.2) is 0 Å². The van der Waals surface area contributed by atoms with Crippen LogP contribution in [0.5, 0.6) is 0 Å². The summed E-state index contributed by atoms with van der Waals surface area (Å²) in [5.74, 6) is 1.95. The molecule has 1 atom stereocenters. The first-order chi connectivity index (χ1) is 9.58. The molecule has 1 saturated carbocycles. The quantitative estimate of drug-likeness (QED) is 0.841. The van der Waals surface area contributed by atoms with E-state index in [1.807, 2.05) is 5.38 Å². The smallest absolute Gasteiger partial charge is 0.230 e. The van der Waals surface area contributed by atoms with Crippen molar-refractivity contribution in [2.24, 2.45) is 5.41 Å². The summed E-state index contributed by atoms with van der Waals surface area (Å²) in [6, 6.07) is 0. The van der Waals surface area contributed by atoms with Crippen LogP contribution in [-0.4, -0.2) is 35.0 Å². The van der Waals surface area contributed by atoms with E-state index in [0.29, 0.717) is 24.6 Å². The SMILES string of the molecule is O=S1(=O)CCC2(CC1)C[C@@H]2c1nc(-c2cscn2)no1. The van der Waals surface area contributed by atoms with Gasteiger partial charge in [-0.25, -0.2) is 13.4 Å². The topological polar surface area (TPSA) is 86.0 Å². The standard InChI is InChI=1S/C12H13N3O3S2/c16-20(17)3-1-12(2-4-20)5-8(12)11-14-10(15-18-11)9-6-19-7-13-9/h6-8H,1-5H2/t8-/m1/s1. The molecule has 4 rings (SSSR count). The molecule has 6 nitrogen and oxygen atoms in total. The summed E-state index contributed by atoms with van der Waals surface area (Å²) in [6.07, 6.45) is 2.39. The van der Waals surface area contributed by atoms with Gasteiger partial charge in [-0.15, -0.1) is 11.3 Å². The molecular weight excluding hydrogens is 298 g/mol. The van der Waals surface area contributed by atoms with Crippen molar-refractivity contribution >= 4 is 21.2 Å². The van der Waals surface area contributed by atoms with E-state index in [1.165, 1.54) is 11.3 Å². The fraction of sp³-hybridized carbons (Fsp3) is 0.583. The molecule has 0 amide bonds. The van der Waals surface area contributed by atoms with E-state index in [2.05, 4.69) is 15.1 Å². The minimum atomic E-state index is -2.82. The molecule has 1 spiro atoms. The maximum atomic E-state index is 11.5. The molecule has 2 aliphatic rings.